The third-order valence-corrected chi connectivity index (χ3v) is 8.67. The average Bonchev–Trinajstić information content (AvgIpc) is 3.36. The van der Waals surface area contributed by atoms with Gasteiger partial charge in [0.05, 0.1) is 6.42 Å². The van der Waals surface area contributed by atoms with Gasteiger partial charge in [-0.15, -0.1) is 0 Å². The average molecular weight is 505 g/mol. The van der Waals surface area contributed by atoms with Crippen LogP contribution in [0.15, 0.2) is 54.7 Å². The summed E-state index contributed by atoms with van der Waals surface area (Å²) in [5.41, 5.74) is 3.54. The molecule has 6 heteroatoms. The van der Waals surface area contributed by atoms with Crippen LogP contribution in [0.3, 0.4) is 0 Å². The van der Waals surface area contributed by atoms with Crippen LogP contribution in [0.2, 0.25) is 0 Å². The lowest BCUT2D eigenvalue weighted by Crippen LogP contribution is -2.45. The highest BCUT2D eigenvalue weighted by Gasteiger charge is 2.25. The van der Waals surface area contributed by atoms with E-state index in [1.165, 1.54) is 16.5 Å². The Morgan fingerprint density at radius 3 is 2.30 bits per heavy atom. The molecule has 5 nitrogen and oxygen atoms in total. The smallest absolute Gasteiger partial charge is 0.226 e. The molecular weight excluding hydrogens is 463 g/mol. The molecule has 3 aromatic rings. The SMILES string of the molecule is CCN1CCC(N(C)C(=O)Cc2ccc3ccn(C4CCN(CCc5ccc(F)cc5)CC4)c3c2)CC1. The number of hydrogen-bond acceptors (Lipinski definition) is 3. The molecule has 0 aliphatic carbocycles. The van der Waals surface area contributed by atoms with Gasteiger partial charge in [0.2, 0.25) is 5.91 Å². The molecule has 2 saturated heterocycles. The Balaban J connectivity index is 1.17. The van der Waals surface area contributed by atoms with Gasteiger partial charge in [-0.05, 0) is 79.4 Å². The van der Waals surface area contributed by atoms with Crippen molar-refractivity contribution in [3.8, 4) is 0 Å². The zero-order valence-corrected chi connectivity index (χ0v) is 22.4. The van der Waals surface area contributed by atoms with Gasteiger partial charge in [-0.3, -0.25) is 4.79 Å². The van der Waals surface area contributed by atoms with Crippen molar-refractivity contribution in [1.82, 2.24) is 19.3 Å². The van der Waals surface area contributed by atoms with E-state index in [4.69, 9.17) is 0 Å². The van der Waals surface area contributed by atoms with Crippen LogP contribution in [0.4, 0.5) is 4.39 Å². The Kier molecular flexibility index (Phi) is 8.26. The predicted octanol–water partition coefficient (Wildman–Crippen LogP) is 5.15. The van der Waals surface area contributed by atoms with E-state index in [-0.39, 0.29) is 11.7 Å². The normalized spacial score (nSPS) is 18.5. The zero-order chi connectivity index (χ0) is 25.8. The summed E-state index contributed by atoms with van der Waals surface area (Å²) in [5, 5.41) is 1.25. The lowest BCUT2D eigenvalue weighted by molar-refractivity contribution is -0.132. The van der Waals surface area contributed by atoms with Crippen LogP contribution in [0.5, 0.6) is 0 Å². The molecule has 1 amide bonds. The van der Waals surface area contributed by atoms with E-state index < -0.39 is 0 Å². The third-order valence-electron chi connectivity index (χ3n) is 8.67. The third kappa shape index (κ3) is 6.24. The predicted molar refractivity (Wildman–Crippen MR) is 148 cm³/mol. The van der Waals surface area contributed by atoms with Crippen LogP contribution in [0.25, 0.3) is 10.9 Å². The number of carbonyl (C=O) groups is 1. The number of piperidine rings is 2. The van der Waals surface area contributed by atoms with Gasteiger partial charge in [-0.25, -0.2) is 4.39 Å². The van der Waals surface area contributed by atoms with Crippen LogP contribution < -0.4 is 0 Å². The Morgan fingerprint density at radius 2 is 1.59 bits per heavy atom. The Hall–Kier alpha value is -2.70. The van der Waals surface area contributed by atoms with Gasteiger partial charge >= 0.3 is 0 Å². The van der Waals surface area contributed by atoms with E-state index in [9.17, 15) is 9.18 Å². The molecule has 2 fully saturated rings. The van der Waals surface area contributed by atoms with Gasteiger partial charge < -0.3 is 19.3 Å². The molecule has 0 unspecified atom stereocenters. The number of likely N-dealkylation sites (tertiary alicyclic amines) is 2. The highest BCUT2D eigenvalue weighted by atomic mass is 19.1. The van der Waals surface area contributed by atoms with Crippen LogP contribution in [0.1, 0.15) is 49.8 Å². The largest absolute Gasteiger partial charge is 0.344 e. The van der Waals surface area contributed by atoms with Crippen molar-refractivity contribution in [3.05, 3.63) is 71.7 Å². The fourth-order valence-corrected chi connectivity index (χ4v) is 6.11. The minimum Gasteiger partial charge on any atom is -0.344 e. The summed E-state index contributed by atoms with van der Waals surface area (Å²) in [4.78, 5) is 20.1. The summed E-state index contributed by atoms with van der Waals surface area (Å²) < 4.78 is 15.6. The van der Waals surface area contributed by atoms with Crippen molar-refractivity contribution >= 4 is 16.8 Å². The van der Waals surface area contributed by atoms with Crippen molar-refractivity contribution in [3.63, 3.8) is 0 Å². The summed E-state index contributed by atoms with van der Waals surface area (Å²) in [6.07, 6.45) is 8.03. The van der Waals surface area contributed by atoms with E-state index in [0.717, 1.165) is 76.9 Å². The molecular formula is C31H41FN4O. The van der Waals surface area contributed by atoms with Gasteiger partial charge in [0, 0.05) is 63.6 Å². The maximum absolute atomic E-state index is 13.2. The highest BCUT2D eigenvalue weighted by Crippen LogP contribution is 2.29. The molecule has 198 valence electrons. The number of hydrogen-bond donors (Lipinski definition) is 0. The summed E-state index contributed by atoms with van der Waals surface area (Å²) >= 11 is 0. The zero-order valence-electron chi connectivity index (χ0n) is 22.4. The molecule has 0 spiro atoms. The van der Waals surface area contributed by atoms with E-state index in [0.29, 0.717) is 18.5 Å². The molecule has 2 aromatic carbocycles. The molecule has 0 N–H and O–H groups in total. The lowest BCUT2D eigenvalue weighted by Gasteiger charge is -2.36. The van der Waals surface area contributed by atoms with Crippen molar-refractivity contribution in [1.29, 1.82) is 0 Å². The van der Waals surface area contributed by atoms with Gasteiger partial charge in [0.15, 0.2) is 0 Å². The molecule has 0 bridgehead atoms. The Bertz CT molecular complexity index is 1170. The van der Waals surface area contributed by atoms with Crippen LogP contribution in [-0.2, 0) is 17.6 Å². The van der Waals surface area contributed by atoms with Crippen molar-refractivity contribution in [2.24, 2.45) is 0 Å². The van der Waals surface area contributed by atoms with Crippen molar-refractivity contribution < 1.29 is 9.18 Å². The maximum atomic E-state index is 13.2. The molecule has 37 heavy (non-hydrogen) atoms. The first kappa shape index (κ1) is 25.9. The number of likely N-dealkylation sites (N-methyl/N-ethyl adjacent to an activating group) is 1. The lowest BCUT2D eigenvalue weighted by atomic mass is 10.0. The number of aromatic nitrogens is 1. The molecule has 0 saturated carbocycles. The number of rotatable bonds is 8. The van der Waals surface area contributed by atoms with Crippen LogP contribution >= 0.6 is 0 Å². The first-order chi connectivity index (χ1) is 18.0. The van der Waals surface area contributed by atoms with Crippen LogP contribution in [0, 0.1) is 5.82 Å². The molecule has 3 heterocycles. The second-order valence-corrected chi connectivity index (χ2v) is 10.9. The first-order valence-corrected chi connectivity index (χ1v) is 14.0. The molecule has 2 aliphatic heterocycles. The Morgan fingerprint density at radius 1 is 0.919 bits per heavy atom. The van der Waals surface area contributed by atoms with Gasteiger partial charge in [0.25, 0.3) is 0 Å². The summed E-state index contributed by atoms with van der Waals surface area (Å²) in [7, 11) is 1.99. The van der Waals surface area contributed by atoms with Crippen LogP contribution in [-0.4, -0.2) is 77.5 Å². The van der Waals surface area contributed by atoms with E-state index in [2.05, 4.69) is 51.8 Å². The monoisotopic (exact) mass is 504 g/mol. The van der Waals surface area contributed by atoms with E-state index >= 15 is 0 Å². The van der Waals surface area contributed by atoms with Gasteiger partial charge in [-0.2, -0.15) is 0 Å². The number of fused-ring (bicyclic) bond motifs is 1. The quantitative estimate of drug-likeness (QED) is 0.426. The molecule has 0 radical (unpaired) electrons. The number of amides is 1. The highest BCUT2D eigenvalue weighted by molar-refractivity contribution is 5.84. The van der Waals surface area contributed by atoms with E-state index in [1.807, 2.05) is 24.1 Å². The summed E-state index contributed by atoms with van der Waals surface area (Å²) in [5.74, 6) is 0.0533. The maximum Gasteiger partial charge on any atom is 0.226 e. The number of benzene rings is 2. The second kappa shape index (κ2) is 11.8. The minimum atomic E-state index is -0.171. The topological polar surface area (TPSA) is 31.7 Å². The molecule has 0 atom stereocenters. The number of nitrogens with zero attached hydrogens (tertiary/aromatic N) is 4. The fraction of sp³-hybridized carbons (Fsp3) is 0.516. The molecule has 2 aliphatic rings. The minimum absolute atomic E-state index is 0.171. The number of carbonyl (C=O) groups excluding carboxylic acids is 1. The summed E-state index contributed by atoms with van der Waals surface area (Å²) in [6, 6.07) is 16.5. The van der Waals surface area contributed by atoms with Gasteiger partial charge in [-0.1, -0.05) is 31.2 Å². The fourth-order valence-electron chi connectivity index (χ4n) is 6.11. The first-order valence-electron chi connectivity index (χ1n) is 14.0. The van der Waals surface area contributed by atoms with Gasteiger partial charge in [0.1, 0.15) is 5.82 Å². The molecule has 1 aromatic heterocycles. The Labute approximate surface area is 220 Å². The summed E-state index contributed by atoms with van der Waals surface area (Å²) in [6.45, 7) is 8.64. The molecule has 5 rings (SSSR count). The van der Waals surface area contributed by atoms with Crippen molar-refractivity contribution in [2.45, 2.75) is 57.5 Å². The standard InChI is InChI=1S/C31H41FN4O/c1-3-34-17-12-28(13-18-34)33(2)31(37)23-25-4-7-26-11-21-36(30(26)22-25)29-14-19-35(20-15-29)16-10-24-5-8-27(32)9-6-24/h4-9,11,21-22,28-29H,3,10,12-20,23H2,1-2H3. The number of halogens is 1. The van der Waals surface area contributed by atoms with E-state index in [1.54, 1.807) is 12.1 Å². The van der Waals surface area contributed by atoms with Crippen molar-refractivity contribution in [2.75, 3.05) is 46.3 Å². The second-order valence-electron chi connectivity index (χ2n) is 10.9.